The second kappa shape index (κ2) is 5.91. The first-order chi connectivity index (χ1) is 10.1. The van der Waals surface area contributed by atoms with Crippen LogP contribution in [-0.4, -0.2) is 39.4 Å². The molecule has 3 rings (SSSR count). The lowest BCUT2D eigenvalue weighted by Crippen LogP contribution is -2.42. The third-order valence-corrected chi connectivity index (χ3v) is 3.92. The van der Waals surface area contributed by atoms with Gasteiger partial charge in [0.25, 0.3) is 0 Å². The van der Waals surface area contributed by atoms with E-state index in [1.807, 2.05) is 0 Å². The number of aromatic nitrogens is 2. The van der Waals surface area contributed by atoms with Gasteiger partial charge in [0, 0.05) is 12.1 Å². The molecule has 5 nitrogen and oxygen atoms in total. The quantitative estimate of drug-likeness (QED) is 0.938. The zero-order valence-electron chi connectivity index (χ0n) is 11.9. The van der Waals surface area contributed by atoms with Gasteiger partial charge >= 0.3 is 0 Å². The minimum atomic E-state index is -0.307. The highest BCUT2D eigenvalue weighted by atomic mass is 19.1. The summed E-state index contributed by atoms with van der Waals surface area (Å²) in [6.07, 6.45) is 0.651. The van der Waals surface area contributed by atoms with Crippen molar-refractivity contribution in [2.24, 2.45) is 5.92 Å². The Bertz CT molecular complexity index is 599. The number of halogens is 1. The molecular weight excluding hydrogens is 273 g/mol. The van der Waals surface area contributed by atoms with Gasteiger partial charge in [-0.3, -0.25) is 4.90 Å². The largest absolute Gasteiger partial charge is 0.419 e. The molecule has 1 aliphatic heterocycles. The summed E-state index contributed by atoms with van der Waals surface area (Å²) in [4.78, 5) is 2.10. The molecule has 1 aliphatic rings. The summed E-state index contributed by atoms with van der Waals surface area (Å²) in [5.41, 5.74) is 0.697. The molecule has 0 saturated carbocycles. The van der Waals surface area contributed by atoms with Gasteiger partial charge in [0.15, 0.2) is 0 Å². The number of hydrogen-bond acceptors (Lipinski definition) is 5. The van der Waals surface area contributed by atoms with Gasteiger partial charge in [-0.15, -0.1) is 10.2 Å². The summed E-state index contributed by atoms with van der Waals surface area (Å²) in [7, 11) is 0. The fourth-order valence-electron chi connectivity index (χ4n) is 2.48. The zero-order chi connectivity index (χ0) is 14.8. The molecule has 0 spiro atoms. The number of benzene rings is 1. The van der Waals surface area contributed by atoms with Gasteiger partial charge in [-0.1, -0.05) is 6.92 Å². The van der Waals surface area contributed by atoms with Crippen LogP contribution in [0.4, 0.5) is 4.39 Å². The van der Waals surface area contributed by atoms with E-state index in [1.165, 1.54) is 12.1 Å². The van der Waals surface area contributed by atoms with E-state index in [0.29, 0.717) is 36.4 Å². The van der Waals surface area contributed by atoms with Crippen molar-refractivity contribution < 1.29 is 13.9 Å². The number of aliphatic hydroxyl groups is 1. The molecule has 1 fully saturated rings. The average molecular weight is 291 g/mol. The Morgan fingerprint density at radius 2 is 2.10 bits per heavy atom. The molecule has 2 aromatic rings. The minimum absolute atomic E-state index is 0.296. The molecule has 0 amide bonds. The van der Waals surface area contributed by atoms with Gasteiger partial charge in [0.05, 0.1) is 12.6 Å². The third kappa shape index (κ3) is 3.28. The van der Waals surface area contributed by atoms with Gasteiger partial charge in [-0.2, -0.15) is 0 Å². The van der Waals surface area contributed by atoms with Crippen LogP contribution in [-0.2, 0) is 6.54 Å². The maximum Gasteiger partial charge on any atom is 0.247 e. The smallest absolute Gasteiger partial charge is 0.247 e. The second-order valence-corrected chi connectivity index (χ2v) is 5.58. The molecule has 0 aliphatic carbocycles. The Balaban J connectivity index is 1.66. The number of aliphatic hydroxyl groups excluding tert-OH is 1. The number of rotatable bonds is 3. The van der Waals surface area contributed by atoms with E-state index in [1.54, 1.807) is 12.1 Å². The van der Waals surface area contributed by atoms with Crippen molar-refractivity contribution in [3.63, 3.8) is 0 Å². The normalized spacial score (nSPS) is 23.4. The number of piperidine rings is 1. The van der Waals surface area contributed by atoms with Crippen LogP contribution in [0.15, 0.2) is 28.7 Å². The molecule has 0 radical (unpaired) electrons. The van der Waals surface area contributed by atoms with Crippen molar-refractivity contribution in [3.8, 4) is 11.5 Å². The molecule has 6 heteroatoms. The Morgan fingerprint density at radius 1 is 1.33 bits per heavy atom. The van der Waals surface area contributed by atoms with Crippen LogP contribution >= 0.6 is 0 Å². The fourth-order valence-corrected chi connectivity index (χ4v) is 2.48. The van der Waals surface area contributed by atoms with Gasteiger partial charge in [-0.25, -0.2) is 4.39 Å². The van der Waals surface area contributed by atoms with Crippen LogP contribution in [0.2, 0.25) is 0 Å². The summed E-state index contributed by atoms with van der Waals surface area (Å²) in [5.74, 6) is 0.931. The molecule has 1 aromatic heterocycles. The topological polar surface area (TPSA) is 62.4 Å². The predicted octanol–water partition coefficient (Wildman–Crippen LogP) is 2.08. The van der Waals surface area contributed by atoms with Gasteiger partial charge in [0.1, 0.15) is 5.82 Å². The first kappa shape index (κ1) is 14.2. The lowest BCUT2D eigenvalue weighted by molar-refractivity contribution is 0.0228. The molecule has 112 valence electrons. The van der Waals surface area contributed by atoms with Crippen LogP contribution in [0.3, 0.4) is 0 Å². The lowest BCUT2D eigenvalue weighted by atomic mass is 9.96. The Kier molecular flexibility index (Phi) is 3.98. The standard InChI is InChI=1S/C15H18FN3O2/c1-10-6-7-19(8-13(10)20)9-14-17-18-15(21-14)11-2-4-12(16)5-3-11/h2-5,10,13,20H,6-9H2,1H3. The SMILES string of the molecule is CC1CCN(Cc2nnc(-c3ccc(F)cc3)o2)CC1O. The lowest BCUT2D eigenvalue weighted by Gasteiger charge is -2.33. The molecule has 21 heavy (non-hydrogen) atoms. The van der Waals surface area contributed by atoms with E-state index < -0.39 is 0 Å². The summed E-state index contributed by atoms with van der Waals surface area (Å²) in [5, 5.41) is 17.9. The highest BCUT2D eigenvalue weighted by Crippen LogP contribution is 2.21. The molecule has 1 N–H and O–H groups in total. The molecule has 2 heterocycles. The van der Waals surface area contributed by atoms with E-state index in [9.17, 15) is 9.50 Å². The van der Waals surface area contributed by atoms with Crippen molar-refractivity contribution in [1.29, 1.82) is 0 Å². The molecule has 2 unspecified atom stereocenters. The Morgan fingerprint density at radius 3 is 2.81 bits per heavy atom. The van der Waals surface area contributed by atoms with Crippen LogP contribution in [0.5, 0.6) is 0 Å². The summed E-state index contributed by atoms with van der Waals surface area (Å²) >= 11 is 0. The third-order valence-electron chi connectivity index (χ3n) is 3.92. The van der Waals surface area contributed by atoms with Gasteiger partial charge in [0.2, 0.25) is 11.8 Å². The zero-order valence-corrected chi connectivity index (χ0v) is 11.9. The minimum Gasteiger partial charge on any atom is -0.419 e. The first-order valence-electron chi connectivity index (χ1n) is 7.10. The summed E-state index contributed by atoms with van der Waals surface area (Å²) in [6.45, 7) is 4.11. The van der Waals surface area contributed by atoms with Crippen molar-refractivity contribution in [3.05, 3.63) is 36.0 Å². The maximum atomic E-state index is 12.9. The van der Waals surface area contributed by atoms with Crippen LogP contribution in [0.1, 0.15) is 19.2 Å². The maximum absolute atomic E-state index is 12.9. The van der Waals surface area contributed by atoms with Crippen molar-refractivity contribution in [2.45, 2.75) is 26.0 Å². The fraction of sp³-hybridized carbons (Fsp3) is 0.467. The molecule has 1 aromatic carbocycles. The van der Waals surface area contributed by atoms with E-state index in [-0.39, 0.29) is 11.9 Å². The molecule has 0 bridgehead atoms. The van der Waals surface area contributed by atoms with E-state index in [2.05, 4.69) is 22.0 Å². The summed E-state index contributed by atoms with van der Waals surface area (Å²) in [6, 6.07) is 5.95. The highest BCUT2D eigenvalue weighted by molar-refractivity contribution is 5.51. The number of nitrogens with zero attached hydrogens (tertiary/aromatic N) is 3. The molecular formula is C15H18FN3O2. The van der Waals surface area contributed by atoms with E-state index in [4.69, 9.17) is 4.42 Å². The first-order valence-corrected chi connectivity index (χ1v) is 7.10. The molecule has 1 saturated heterocycles. The van der Waals surface area contributed by atoms with Crippen molar-refractivity contribution in [1.82, 2.24) is 15.1 Å². The van der Waals surface area contributed by atoms with Crippen LogP contribution < -0.4 is 0 Å². The average Bonchev–Trinajstić information content (AvgIpc) is 2.92. The second-order valence-electron chi connectivity index (χ2n) is 5.58. The van der Waals surface area contributed by atoms with Crippen molar-refractivity contribution in [2.75, 3.05) is 13.1 Å². The number of hydrogen-bond donors (Lipinski definition) is 1. The van der Waals surface area contributed by atoms with E-state index >= 15 is 0 Å². The van der Waals surface area contributed by atoms with Crippen LogP contribution in [0.25, 0.3) is 11.5 Å². The Hall–Kier alpha value is -1.79. The number of likely N-dealkylation sites (tertiary alicyclic amines) is 1. The van der Waals surface area contributed by atoms with Crippen LogP contribution in [0, 0.1) is 11.7 Å². The Labute approximate surface area is 122 Å². The molecule has 2 atom stereocenters. The van der Waals surface area contributed by atoms with Crippen molar-refractivity contribution >= 4 is 0 Å². The monoisotopic (exact) mass is 291 g/mol. The van der Waals surface area contributed by atoms with Gasteiger partial charge in [-0.05, 0) is 43.1 Å². The van der Waals surface area contributed by atoms with E-state index in [0.717, 1.165) is 13.0 Å². The predicted molar refractivity (Wildman–Crippen MR) is 74.8 cm³/mol. The highest BCUT2D eigenvalue weighted by Gasteiger charge is 2.25. The van der Waals surface area contributed by atoms with Gasteiger partial charge < -0.3 is 9.52 Å². The summed E-state index contributed by atoms with van der Waals surface area (Å²) < 4.78 is 18.5. The number of β-amino-alcohol motifs (C(OH)–C–C–N with tert-alkyl or cyclic N) is 1.